The Hall–Kier alpha value is -3.41. The van der Waals surface area contributed by atoms with Crippen LogP contribution in [0.1, 0.15) is 29.7 Å². The molecule has 1 unspecified atom stereocenters. The van der Waals surface area contributed by atoms with Crippen LogP contribution in [0, 0.1) is 20.8 Å². The summed E-state index contributed by atoms with van der Waals surface area (Å²) in [5.41, 5.74) is 6.20. The van der Waals surface area contributed by atoms with Gasteiger partial charge in [0, 0.05) is 43.5 Å². The molecule has 6 nitrogen and oxygen atoms in total. The van der Waals surface area contributed by atoms with Crippen LogP contribution >= 0.6 is 0 Å². The second kappa shape index (κ2) is 8.99. The van der Waals surface area contributed by atoms with Gasteiger partial charge in [-0.15, -0.1) is 0 Å². The quantitative estimate of drug-likeness (QED) is 0.633. The van der Waals surface area contributed by atoms with Crippen LogP contribution in [0.3, 0.4) is 0 Å². The van der Waals surface area contributed by atoms with Crippen molar-refractivity contribution in [2.24, 2.45) is 0 Å². The zero-order chi connectivity index (χ0) is 22.8. The number of nitrogens with zero attached hydrogens (tertiary/aromatic N) is 4. The summed E-state index contributed by atoms with van der Waals surface area (Å²) in [6, 6.07) is 17.0. The maximum Gasteiger partial charge on any atom is 0.267 e. The normalized spacial score (nSPS) is 15.0. The molecule has 166 valence electrons. The number of hydrogen-bond acceptors (Lipinski definition) is 4. The number of anilines is 1. The lowest BCUT2D eigenvalue weighted by Gasteiger charge is -2.38. The molecule has 0 aliphatic carbocycles. The Morgan fingerprint density at radius 2 is 1.53 bits per heavy atom. The standard InChI is InChI=1S/C26H30N4O2/c1-18-6-9-22(10-7-18)23-11-12-25(31)30(27-23)21(4)26(32)29-15-13-28(14-16-29)24-17-19(2)5-8-20(24)3/h5-12,17,21H,13-16H2,1-4H3. The molecule has 1 saturated heterocycles. The van der Waals surface area contributed by atoms with Crippen molar-refractivity contribution in [3.63, 3.8) is 0 Å². The minimum absolute atomic E-state index is 0.0683. The lowest BCUT2D eigenvalue weighted by Crippen LogP contribution is -2.51. The first-order valence-corrected chi connectivity index (χ1v) is 11.1. The average molecular weight is 431 g/mol. The molecule has 1 atom stereocenters. The van der Waals surface area contributed by atoms with E-state index in [-0.39, 0.29) is 11.5 Å². The van der Waals surface area contributed by atoms with Gasteiger partial charge in [0.15, 0.2) is 0 Å². The largest absolute Gasteiger partial charge is 0.368 e. The van der Waals surface area contributed by atoms with Gasteiger partial charge in [0.05, 0.1) is 5.69 Å². The molecule has 1 aliphatic heterocycles. The molecule has 0 radical (unpaired) electrons. The first-order valence-electron chi connectivity index (χ1n) is 11.1. The van der Waals surface area contributed by atoms with Crippen molar-refractivity contribution in [1.29, 1.82) is 0 Å². The highest BCUT2D eigenvalue weighted by atomic mass is 16.2. The van der Waals surface area contributed by atoms with Gasteiger partial charge < -0.3 is 9.80 Å². The zero-order valence-electron chi connectivity index (χ0n) is 19.2. The van der Waals surface area contributed by atoms with E-state index in [1.54, 1.807) is 13.0 Å². The molecule has 1 aliphatic rings. The zero-order valence-corrected chi connectivity index (χ0v) is 19.2. The number of aryl methyl sites for hydroxylation is 3. The number of benzene rings is 2. The molecule has 2 aromatic carbocycles. The van der Waals surface area contributed by atoms with Crippen molar-refractivity contribution < 1.29 is 4.79 Å². The minimum Gasteiger partial charge on any atom is -0.368 e. The Kier molecular flexibility index (Phi) is 6.12. The van der Waals surface area contributed by atoms with Crippen molar-refractivity contribution in [1.82, 2.24) is 14.7 Å². The summed E-state index contributed by atoms with van der Waals surface area (Å²) in [6.07, 6.45) is 0. The van der Waals surface area contributed by atoms with E-state index in [1.165, 1.54) is 27.6 Å². The second-order valence-corrected chi connectivity index (χ2v) is 8.65. The number of aromatic nitrogens is 2. The number of piperazine rings is 1. The van der Waals surface area contributed by atoms with Crippen LogP contribution < -0.4 is 10.5 Å². The summed E-state index contributed by atoms with van der Waals surface area (Å²) in [5, 5.41) is 4.52. The highest BCUT2D eigenvalue weighted by Crippen LogP contribution is 2.23. The summed E-state index contributed by atoms with van der Waals surface area (Å²) in [7, 11) is 0. The van der Waals surface area contributed by atoms with Crippen molar-refractivity contribution >= 4 is 11.6 Å². The van der Waals surface area contributed by atoms with Crippen molar-refractivity contribution in [3.8, 4) is 11.3 Å². The van der Waals surface area contributed by atoms with E-state index in [1.807, 2.05) is 36.1 Å². The summed E-state index contributed by atoms with van der Waals surface area (Å²) in [6.45, 7) is 10.8. The highest BCUT2D eigenvalue weighted by Gasteiger charge is 2.27. The van der Waals surface area contributed by atoms with Crippen LogP contribution in [0.15, 0.2) is 59.4 Å². The Balaban J connectivity index is 1.48. The molecule has 0 saturated carbocycles. The Morgan fingerprint density at radius 1 is 0.875 bits per heavy atom. The summed E-state index contributed by atoms with van der Waals surface area (Å²) in [5.74, 6) is -0.0683. The Labute approximate surface area is 189 Å². The molecule has 1 fully saturated rings. The van der Waals surface area contributed by atoms with Gasteiger partial charge in [-0.25, -0.2) is 4.68 Å². The smallest absolute Gasteiger partial charge is 0.267 e. The van der Waals surface area contributed by atoms with E-state index >= 15 is 0 Å². The molecule has 4 rings (SSSR count). The lowest BCUT2D eigenvalue weighted by molar-refractivity contribution is -0.135. The number of amides is 1. The number of rotatable bonds is 4. The van der Waals surface area contributed by atoms with Crippen LogP contribution in [0.25, 0.3) is 11.3 Å². The summed E-state index contributed by atoms with van der Waals surface area (Å²) in [4.78, 5) is 29.9. The fraction of sp³-hybridized carbons (Fsp3) is 0.346. The number of hydrogen-bond donors (Lipinski definition) is 0. The van der Waals surface area contributed by atoms with Gasteiger partial charge in [-0.2, -0.15) is 5.10 Å². The summed E-state index contributed by atoms with van der Waals surface area (Å²) >= 11 is 0. The van der Waals surface area contributed by atoms with Crippen molar-refractivity contribution in [3.05, 3.63) is 81.6 Å². The van der Waals surface area contributed by atoms with Gasteiger partial charge in [-0.1, -0.05) is 42.0 Å². The number of carbonyl (C=O) groups excluding carboxylic acids is 1. The van der Waals surface area contributed by atoms with Crippen LogP contribution in [0.2, 0.25) is 0 Å². The maximum absolute atomic E-state index is 13.2. The molecule has 1 amide bonds. The van der Waals surface area contributed by atoms with Gasteiger partial charge >= 0.3 is 0 Å². The molecule has 2 heterocycles. The molecular formula is C26H30N4O2. The number of carbonyl (C=O) groups is 1. The molecule has 3 aromatic rings. The third kappa shape index (κ3) is 4.44. The first-order chi connectivity index (χ1) is 15.3. The maximum atomic E-state index is 13.2. The Bertz CT molecular complexity index is 1180. The first kappa shape index (κ1) is 21.8. The third-order valence-corrected chi connectivity index (χ3v) is 6.19. The third-order valence-electron chi connectivity index (χ3n) is 6.19. The summed E-state index contributed by atoms with van der Waals surface area (Å²) < 4.78 is 1.31. The molecule has 0 spiro atoms. The van der Waals surface area contributed by atoms with Crippen molar-refractivity contribution in [2.75, 3.05) is 31.1 Å². The van der Waals surface area contributed by atoms with E-state index in [0.29, 0.717) is 18.8 Å². The fourth-order valence-corrected chi connectivity index (χ4v) is 4.18. The predicted octanol–water partition coefficient (Wildman–Crippen LogP) is 3.75. The van der Waals surface area contributed by atoms with Crippen LogP contribution in [-0.4, -0.2) is 46.8 Å². The van der Waals surface area contributed by atoms with Crippen LogP contribution in [0.5, 0.6) is 0 Å². The topological polar surface area (TPSA) is 58.4 Å². The monoisotopic (exact) mass is 430 g/mol. The molecule has 1 aromatic heterocycles. The van der Waals surface area contributed by atoms with E-state index in [0.717, 1.165) is 24.2 Å². The van der Waals surface area contributed by atoms with Gasteiger partial charge in [-0.3, -0.25) is 9.59 Å². The predicted molar refractivity (Wildman–Crippen MR) is 128 cm³/mol. The lowest BCUT2D eigenvalue weighted by atomic mass is 10.1. The molecule has 0 N–H and O–H groups in total. The molecule has 32 heavy (non-hydrogen) atoms. The van der Waals surface area contributed by atoms with Crippen LogP contribution in [0.4, 0.5) is 5.69 Å². The SMILES string of the molecule is Cc1ccc(-c2ccc(=O)n(C(C)C(=O)N3CCN(c4cc(C)ccc4C)CC3)n2)cc1. The molecule has 0 bridgehead atoms. The molecule has 6 heteroatoms. The van der Waals surface area contributed by atoms with Gasteiger partial charge in [-0.05, 0) is 51.0 Å². The van der Waals surface area contributed by atoms with Gasteiger partial charge in [0.1, 0.15) is 6.04 Å². The van der Waals surface area contributed by atoms with E-state index in [4.69, 9.17) is 0 Å². The average Bonchev–Trinajstić information content (AvgIpc) is 2.81. The van der Waals surface area contributed by atoms with Gasteiger partial charge in [0.2, 0.25) is 5.91 Å². The van der Waals surface area contributed by atoms with E-state index < -0.39 is 6.04 Å². The minimum atomic E-state index is -0.653. The Morgan fingerprint density at radius 3 is 2.22 bits per heavy atom. The van der Waals surface area contributed by atoms with Crippen LogP contribution in [-0.2, 0) is 4.79 Å². The van der Waals surface area contributed by atoms with Gasteiger partial charge in [0.25, 0.3) is 5.56 Å². The van der Waals surface area contributed by atoms with E-state index in [9.17, 15) is 9.59 Å². The fourth-order valence-electron chi connectivity index (χ4n) is 4.18. The molecular weight excluding hydrogens is 400 g/mol. The highest BCUT2D eigenvalue weighted by molar-refractivity contribution is 5.80. The van der Waals surface area contributed by atoms with Crippen molar-refractivity contribution in [2.45, 2.75) is 33.7 Å². The second-order valence-electron chi connectivity index (χ2n) is 8.65. The van der Waals surface area contributed by atoms with E-state index in [2.05, 4.69) is 42.0 Å².